The SMILES string of the molecule is CCO[C@@H](CCNC(=O)N1C[C@H]2CC[C@H]1C2)C(C)C. The maximum atomic E-state index is 12.1. The fourth-order valence-electron chi connectivity index (χ4n) is 3.42. The van der Waals surface area contributed by atoms with Crippen molar-refractivity contribution in [3.63, 3.8) is 0 Å². The van der Waals surface area contributed by atoms with Crippen molar-refractivity contribution >= 4 is 6.03 Å². The molecule has 0 aromatic rings. The van der Waals surface area contributed by atoms with Crippen molar-refractivity contribution in [2.75, 3.05) is 19.7 Å². The number of carbonyl (C=O) groups excluding carboxylic acids is 1. The van der Waals surface area contributed by atoms with Gasteiger partial charge in [0, 0.05) is 25.7 Å². The molecular formula is C15H28N2O2. The second-order valence-electron chi connectivity index (χ2n) is 6.24. The van der Waals surface area contributed by atoms with Gasteiger partial charge in [0.2, 0.25) is 0 Å². The Labute approximate surface area is 116 Å². The van der Waals surface area contributed by atoms with Crippen LogP contribution in [0.2, 0.25) is 0 Å². The summed E-state index contributed by atoms with van der Waals surface area (Å²) in [5, 5.41) is 3.06. The third kappa shape index (κ3) is 3.62. The van der Waals surface area contributed by atoms with Gasteiger partial charge in [-0.3, -0.25) is 0 Å². The first-order valence-electron chi connectivity index (χ1n) is 7.77. The second-order valence-corrected chi connectivity index (χ2v) is 6.24. The van der Waals surface area contributed by atoms with Gasteiger partial charge < -0.3 is 15.0 Å². The first kappa shape index (κ1) is 14.6. The van der Waals surface area contributed by atoms with E-state index in [2.05, 4.69) is 19.2 Å². The summed E-state index contributed by atoms with van der Waals surface area (Å²) in [6.07, 6.45) is 4.89. The molecule has 1 aliphatic heterocycles. The molecule has 1 saturated carbocycles. The molecule has 0 aromatic carbocycles. The van der Waals surface area contributed by atoms with Crippen LogP contribution in [0, 0.1) is 11.8 Å². The Morgan fingerprint density at radius 2 is 2.21 bits per heavy atom. The normalized spacial score (nSPS) is 27.1. The average Bonchev–Trinajstić information content (AvgIpc) is 2.99. The highest BCUT2D eigenvalue weighted by molar-refractivity contribution is 5.75. The lowest BCUT2D eigenvalue weighted by Crippen LogP contribution is -2.45. The summed E-state index contributed by atoms with van der Waals surface area (Å²) >= 11 is 0. The van der Waals surface area contributed by atoms with Crippen LogP contribution >= 0.6 is 0 Å². The van der Waals surface area contributed by atoms with E-state index in [1.165, 1.54) is 19.3 Å². The number of amides is 2. The molecule has 0 unspecified atom stereocenters. The number of hydrogen-bond donors (Lipinski definition) is 1. The van der Waals surface area contributed by atoms with Gasteiger partial charge in [-0.05, 0) is 44.4 Å². The lowest BCUT2D eigenvalue weighted by atomic mass is 10.0. The molecule has 1 saturated heterocycles. The standard InChI is InChI=1S/C15H28N2O2/c1-4-19-14(11(2)3)7-8-16-15(18)17-10-12-5-6-13(17)9-12/h11-14H,4-10H2,1-3H3,(H,16,18)/t12-,13-,14-/m0/s1. The number of piperidine rings is 1. The van der Waals surface area contributed by atoms with Crippen LogP contribution < -0.4 is 5.32 Å². The van der Waals surface area contributed by atoms with Crippen molar-refractivity contribution in [2.24, 2.45) is 11.8 Å². The van der Waals surface area contributed by atoms with Crippen LogP contribution in [0.5, 0.6) is 0 Å². The van der Waals surface area contributed by atoms with Crippen molar-refractivity contribution in [1.82, 2.24) is 10.2 Å². The largest absolute Gasteiger partial charge is 0.378 e. The van der Waals surface area contributed by atoms with E-state index in [0.29, 0.717) is 12.0 Å². The summed E-state index contributed by atoms with van der Waals surface area (Å²) in [5.74, 6) is 1.27. The average molecular weight is 268 g/mol. The Bertz CT molecular complexity index is 307. The number of rotatable bonds is 6. The summed E-state index contributed by atoms with van der Waals surface area (Å²) in [6.45, 7) is 8.79. The third-order valence-electron chi connectivity index (χ3n) is 4.50. The fraction of sp³-hybridized carbons (Fsp3) is 0.933. The molecule has 0 spiro atoms. The van der Waals surface area contributed by atoms with Crippen molar-refractivity contribution in [3.05, 3.63) is 0 Å². The quantitative estimate of drug-likeness (QED) is 0.804. The van der Waals surface area contributed by atoms with Gasteiger partial charge in [-0.1, -0.05) is 13.8 Å². The molecule has 2 amide bonds. The summed E-state index contributed by atoms with van der Waals surface area (Å²) in [4.78, 5) is 14.2. The molecule has 3 atom stereocenters. The van der Waals surface area contributed by atoms with Gasteiger partial charge in [0.15, 0.2) is 0 Å². The smallest absolute Gasteiger partial charge is 0.317 e. The molecular weight excluding hydrogens is 240 g/mol. The van der Waals surface area contributed by atoms with E-state index in [1.54, 1.807) is 0 Å². The van der Waals surface area contributed by atoms with Crippen LogP contribution in [0.4, 0.5) is 4.79 Å². The van der Waals surface area contributed by atoms with Gasteiger partial charge in [-0.25, -0.2) is 4.79 Å². The van der Waals surface area contributed by atoms with Crippen molar-refractivity contribution in [1.29, 1.82) is 0 Å². The lowest BCUT2D eigenvalue weighted by Gasteiger charge is -2.28. The molecule has 2 aliphatic rings. The molecule has 1 N–H and O–H groups in total. The van der Waals surface area contributed by atoms with Gasteiger partial charge >= 0.3 is 6.03 Å². The molecule has 2 bridgehead atoms. The lowest BCUT2D eigenvalue weighted by molar-refractivity contribution is 0.0253. The predicted molar refractivity (Wildman–Crippen MR) is 76.1 cm³/mol. The number of urea groups is 1. The van der Waals surface area contributed by atoms with E-state index in [-0.39, 0.29) is 12.1 Å². The molecule has 2 rings (SSSR count). The van der Waals surface area contributed by atoms with Gasteiger partial charge in [0.05, 0.1) is 6.10 Å². The van der Waals surface area contributed by atoms with E-state index in [9.17, 15) is 4.79 Å². The van der Waals surface area contributed by atoms with Crippen molar-refractivity contribution in [3.8, 4) is 0 Å². The maximum absolute atomic E-state index is 12.1. The number of fused-ring (bicyclic) bond motifs is 2. The zero-order valence-electron chi connectivity index (χ0n) is 12.5. The fourth-order valence-corrected chi connectivity index (χ4v) is 3.42. The Morgan fingerprint density at radius 3 is 2.74 bits per heavy atom. The Kier molecular flexibility index (Phi) is 5.08. The Balaban J connectivity index is 1.69. The number of nitrogens with zero attached hydrogens (tertiary/aromatic N) is 1. The van der Waals surface area contributed by atoms with E-state index in [0.717, 1.165) is 32.0 Å². The van der Waals surface area contributed by atoms with E-state index >= 15 is 0 Å². The minimum Gasteiger partial charge on any atom is -0.378 e. The van der Waals surface area contributed by atoms with E-state index < -0.39 is 0 Å². The van der Waals surface area contributed by atoms with Crippen molar-refractivity contribution < 1.29 is 9.53 Å². The Morgan fingerprint density at radius 1 is 1.42 bits per heavy atom. The highest BCUT2D eigenvalue weighted by Crippen LogP contribution is 2.37. The number of carbonyl (C=O) groups is 1. The molecule has 110 valence electrons. The van der Waals surface area contributed by atoms with Crippen LogP contribution in [0.1, 0.15) is 46.5 Å². The number of ether oxygens (including phenoxy) is 1. The molecule has 0 aromatic heterocycles. The third-order valence-corrected chi connectivity index (χ3v) is 4.50. The maximum Gasteiger partial charge on any atom is 0.317 e. The monoisotopic (exact) mass is 268 g/mol. The number of likely N-dealkylation sites (tertiary alicyclic amines) is 1. The highest BCUT2D eigenvalue weighted by atomic mass is 16.5. The van der Waals surface area contributed by atoms with Crippen LogP contribution in [0.15, 0.2) is 0 Å². The minimum atomic E-state index is 0.131. The van der Waals surface area contributed by atoms with Gasteiger partial charge in [0.25, 0.3) is 0 Å². The topological polar surface area (TPSA) is 41.6 Å². The minimum absolute atomic E-state index is 0.131. The number of hydrogen-bond acceptors (Lipinski definition) is 2. The zero-order valence-corrected chi connectivity index (χ0v) is 12.5. The van der Waals surface area contributed by atoms with Crippen LogP contribution in [-0.2, 0) is 4.74 Å². The molecule has 0 radical (unpaired) electrons. The highest BCUT2D eigenvalue weighted by Gasteiger charge is 2.40. The summed E-state index contributed by atoms with van der Waals surface area (Å²) < 4.78 is 5.70. The summed E-state index contributed by atoms with van der Waals surface area (Å²) in [5.41, 5.74) is 0. The first-order valence-corrected chi connectivity index (χ1v) is 7.77. The van der Waals surface area contributed by atoms with Crippen LogP contribution in [0.25, 0.3) is 0 Å². The van der Waals surface area contributed by atoms with Gasteiger partial charge in [0.1, 0.15) is 0 Å². The summed E-state index contributed by atoms with van der Waals surface area (Å²) in [7, 11) is 0. The molecule has 1 heterocycles. The van der Waals surface area contributed by atoms with Gasteiger partial charge in [-0.15, -0.1) is 0 Å². The summed E-state index contributed by atoms with van der Waals surface area (Å²) in [6, 6.07) is 0.643. The second kappa shape index (κ2) is 6.60. The molecule has 4 heteroatoms. The van der Waals surface area contributed by atoms with Gasteiger partial charge in [-0.2, -0.15) is 0 Å². The molecule has 2 fully saturated rings. The van der Waals surface area contributed by atoms with Crippen molar-refractivity contribution in [2.45, 2.75) is 58.6 Å². The van der Waals surface area contributed by atoms with E-state index in [1.807, 2.05) is 11.8 Å². The Hall–Kier alpha value is -0.770. The molecule has 4 nitrogen and oxygen atoms in total. The molecule has 19 heavy (non-hydrogen) atoms. The predicted octanol–water partition coefficient (Wildman–Crippen LogP) is 2.63. The van der Waals surface area contributed by atoms with E-state index in [4.69, 9.17) is 4.74 Å². The zero-order chi connectivity index (χ0) is 13.8. The van der Waals surface area contributed by atoms with Crippen LogP contribution in [0.3, 0.4) is 0 Å². The first-order chi connectivity index (χ1) is 9.11. The van der Waals surface area contributed by atoms with Crippen LogP contribution in [-0.4, -0.2) is 42.8 Å². The molecule has 1 aliphatic carbocycles. The number of nitrogens with one attached hydrogen (secondary N) is 1.